The lowest BCUT2D eigenvalue weighted by Crippen LogP contribution is -2.61. The number of rotatable bonds is 2. The molecule has 31 heavy (non-hydrogen) atoms. The topological polar surface area (TPSA) is 93.5 Å². The van der Waals surface area contributed by atoms with Crippen LogP contribution in [0.15, 0.2) is 53.3 Å². The molecule has 158 valence electrons. The van der Waals surface area contributed by atoms with Crippen LogP contribution in [0, 0.1) is 6.92 Å². The third-order valence-corrected chi connectivity index (χ3v) is 6.04. The number of nitrogens with zero attached hydrogens (tertiary/aromatic N) is 3. The van der Waals surface area contributed by atoms with Crippen molar-refractivity contribution in [1.82, 2.24) is 20.0 Å². The molecule has 1 spiro atoms. The normalized spacial score (nSPS) is 17.2. The van der Waals surface area contributed by atoms with Gasteiger partial charge in [0, 0.05) is 31.3 Å². The van der Waals surface area contributed by atoms with Gasteiger partial charge in [-0.25, -0.2) is 4.68 Å². The summed E-state index contributed by atoms with van der Waals surface area (Å²) in [4.78, 5) is 39.8. The van der Waals surface area contributed by atoms with Crippen LogP contribution in [0.4, 0.5) is 0 Å². The molecule has 0 radical (unpaired) electrons. The summed E-state index contributed by atoms with van der Waals surface area (Å²) < 4.78 is 7.36. The first-order valence-electron chi connectivity index (χ1n) is 10.3. The molecule has 5 rings (SSSR count). The molecule has 8 nitrogen and oxygen atoms in total. The van der Waals surface area contributed by atoms with E-state index in [2.05, 4.69) is 10.4 Å². The SMILES string of the molecule is Cc1nn(CC(=O)N2CCC3(CC2)NC(=O)c2ccccc2O3)c(=O)c2ccccc12. The van der Waals surface area contributed by atoms with Crippen molar-refractivity contribution in [2.24, 2.45) is 0 Å². The molecule has 0 aliphatic carbocycles. The zero-order chi connectivity index (χ0) is 21.6. The van der Waals surface area contributed by atoms with Gasteiger partial charge in [-0.3, -0.25) is 14.4 Å². The molecule has 0 unspecified atom stereocenters. The number of amides is 2. The highest BCUT2D eigenvalue weighted by Crippen LogP contribution is 2.33. The van der Waals surface area contributed by atoms with Crippen molar-refractivity contribution >= 4 is 22.6 Å². The summed E-state index contributed by atoms with van der Waals surface area (Å²) in [7, 11) is 0. The molecule has 2 aromatic carbocycles. The second kappa shape index (κ2) is 7.23. The third kappa shape index (κ3) is 3.34. The average molecular weight is 418 g/mol. The molecule has 0 atom stereocenters. The number of nitrogens with one attached hydrogen (secondary N) is 1. The standard InChI is InChI=1S/C23H22N4O4/c1-15-16-6-2-3-7-17(16)22(30)27(25-15)14-20(28)26-12-10-23(11-13-26)24-21(29)18-8-4-5-9-19(18)31-23/h2-9H,10-14H2,1H3,(H,24,29). The van der Waals surface area contributed by atoms with Crippen LogP contribution < -0.4 is 15.6 Å². The average Bonchev–Trinajstić information content (AvgIpc) is 2.78. The van der Waals surface area contributed by atoms with Crippen LogP contribution >= 0.6 is 0 Å². The van der Waals surface area contributed by atoms with Gasteiger partial charge in [0.15, 0.2) is 5.72 Å². The van der Waals surface area contributed by atoms with Crippen molar-refractivity contribution in [1.29, 1.82) is 0 Å². The summed E-state index contributed by atoms with van der Waals surface area (Å²) in [5.41, 5.74) is 0.139. The Balaban J connectivity index is 1.30. The highest BCUT2D eigenvalue weighted by atomic mass is 16.5. The summed E-state index contributed by atoms with van der Waals surface area (Å²) in [5.74, 6) is 0.221. The lowest BCUT2D eigenvalue weighted by atomic mass is 9.97. The molecule has 0 bridgehead atoms. The van der Waals surface area contributed by atoms with Crippen molar-refractivity contribution < 1.29 is 14.3 Å². The lowest BCUT2D eigenvalue weighted by molar-refractivity contribution is -0.136. The van der Waals surface area contributed by atoms with Crippen molar-refractivity contribution in [2.75, 3.05) is 13.1 Å². The molecule has 2 amide bonds. The largest absolute Gasteiger partial charge is 0.467 e. The Morgan fingerprint density at radius 3 is 2.52 bits per heavy atom. The van der Waals surface area contributed by atoms with E-state index in [-0.39, 0.29) is 23.9 Å². The van der Waals surface area contributed by atoms with Crippen LogP contribution in [-0.2, 0) is 11.3 Å². The van der Waals surface area contributed by atoms with Crippen molar-refractivity contribution in [3.63, 3.8) is 0 Å². The fourth-order valence-electron chi connectivity index (χ4n) is 4.34. The van der Waals surface area contributed by atoms with E-state index in [1.165, 1.54) is 4.68 Å². The summed E-state index contributed by atoms with van der Waals surface area (Å²) in [6.07, 6.45) is 0.940. The minimum Gasteiger partial charge on any atom is -0.467 e. The second-order valence-corrected chi connectivity index (χ2v) is 8.02. The zero-order valence-electron chi connectivity index (χ0n) is 17.1. The molecule has 2 aliphatic heterocycles. The Morgan fingerprint density at radius 1 is 1.06 bits per heavy atom. The van der Waals surface area contributed by atoms with Crippen molar-refractivity contribution in [2.45, 2.75) is 32.0 Å². The van der Waals surface area contributed by atoms with Gasteiger partial charge in [0.2, 0.25) is 5.91 Å². The number of hydrogen-bond donors (Lipinski definition) is 1. The number of fused-ring (bicyclic) bond motifs is 2. The van der Waals surface area contributed by atoms with Crippen LogP contribution in [0.2, 0.25) is 0 Å². The monoisotopic (exact) mass is 418 g/mol. The molecule has 1 saturated heterocycles. The fourth-order valence-corrected chi connectivity index (χ4v) is 4.34. The van der Waals surface area contributed by atoms with Gasteiger partial charge in [0.25, 0.3) is 11.5 Å². The quantitative estimate of drug-likeness (QED) is 0.686. The molecular weight excluding hydrogens is 396 g/mol. The predicted octanol–water partition coefficient (Wildman–Crippen LogP) is 1.85. The van der Waals surface area contributed by atoms with E-state index in [1.54, 1.807) is 35.2 Å². The number of carbonyl (C=O) groups is 2. The maximum absolute atomic E-state index is 12.9. The first-order valence-corrected chi connectivity index (χ1v) is 10.3. The summed E-state index contributed by atoms with van der Waals surface area (Å²) in [5, 5.41) is 8.64. The lowest BCUT2D eigenvalue weighted by Gasteiger charge is -2.44. The first kappa shape index (κ1) is 19.3. The van der Waals surface area contributed by atoms with Crippen molar-refractivity contribution in [3.05, 3.63) is 70.1 Å². The van der Waals surface area contributed by atoms with E-state index in [1.807, 2.05) is 25.1 Å². The molecule has 1 aromatic heterocycles. The molecule has 3 aromatic rings. The summed E-state index contributed by atoms with van der Waals surface area (Å²) >= 11 is 0. The van der Waals surface area contributed by atoms with Gasteiger partial charge in [0.05, 0.1) is 16.6 Å². The Kier molecular flexibility index (Phi) is 4.50. The number of piperidine rings is 1. The van der Waals surface area contributed by atoms with Crippen molar-refractivity contribution in [3.8, 4) is 5.75 Å². The highest BCUT2D eigenvalue weighted by Gasteiger charge is 2.43. The molecule has 8 heteroatoms. The number of aryl methyl sites for hydroxylation is 1. The van der Waals surface area contributed by atoms with E-state index in [4.69, 9.17) is 4.74 Å². The van der Waals surface area contributed by atoms with Crippen LogP contribution in [0.5, 0.6) is 5.75 Å². The number of hydrogen-bond acceptors (Lipinski definition) is 5. The van der Waals surface area contributed by atoms with E-state index in [0.717, 1.165) is 5.39 Å². The first-order chi connectivity index (χ1) is 15.0. The van der Waals surface area contributed by atoms with Gasteiger partial charge >= 0.3 is 0 Å². The third-order valence-electron chi connectivity index (χ3n) is 6.04. The van der Waals surface area contributed by atoms with Gasteiger partial charge in [-0.1, -0.05) is 30.3 Å². The minimum atomic E-state index is -0.809. The van der Waals surface area contributed by atoms with E-state index in [0.29, 0.717) is 48.3 Å². The predicted molar refractivity (Wildman–Crippen MR) is 114 cm³/mol. The molecule has 2 aliphatic rings. The molecule has 3 heterocycles. The Morgan fingerprint density at radius 2 is 1.74 bits per heavy atom. The molecule has 1 N–H and O–H groups in total. The molecule has 1 fully saturated rings. The zero-order valence-corrected chi connectivity index (χ0v) is 17.1. The number of ether oxygens (including phenoxy) is 1. The summed E-state index contributed by atoms with van der Waals surface area (Å²) in [6, 6.07) is 14.4. The highest BCUT2D eigenvalue weighted by molar-refractivity contribution is 5.98. The Labute approximate surface area is 178 Å². The number of benzene rings is 2. The maximum Gasteiger partial charge on any atom is 0.275 e. The van der Waals surface area contributed by atoms with Gasteiger partial charge in [-0.05, 0) is 25.1 Å². The van der Waals surface area contributed by atoms with Crippen LogP contribution in [-0.4, -0.2) is 45.3 Å². The maximum atomic E-state index is 12.9. The second-order valence-electron chi connectivity index (χ2n) is 8.02. The summed E-state index contributed by atoms with van der Waals surface area (Å²) in [6.45, 7) is 2.55. The number of likely N-dealkylation sites (tertiary alicyclic amines) is 1. The van der Waals surface area contributed by atoms with Gasteiger partial charge in [0.1, 0.15) is 12.3 Å². The molecular formula is C23H22N4O4. The van der Waals surface area contributed by atoms with Crippen LogP contribution in [0.25, 0.3) is 10.8 Å². The number of aromatic nitrogens is 2. The van der Waals surface area contributed by atoms with E-state index < -0.39 is 5.72 Å². The number of carbonyl (C=O) groups excluding carboxylic acids is 2. The Hall–Kier alpha value is -3.68. The van der Waals surface area contributed by atoms with E-state index in [9.17, 15) is 14.4 Å². The van der Waals surface area contributed by atoms with Gasteiger partial charge in [-0.2, -0.15) is 5.10 Å². The van der Waals surface area contributed by atoms with Gasteiger partial charge in [-0.15, -0.1) is 0 Å². The Bertz CT molecular complexity index is 1260. The minimum absolute atomic E-state index is 0.118. The fraction of sp³-hybridized carbons (Fsp3) is 0.304. The van der Waals surface area contributed by atoms with Crippen LogP contribution in [0.3, 0.4) is 0 Å². The van der Waals surface area contributed by atoms with Gasteiger partial charge < -0.3 is 15.0 Å². The smallest absolute Gasteiger partial charge is 0.275 e. The van der Waals surface area contributed by atoms with E-state index >= 15 is 0 Å². The molecule has 0 saturated carbocycles. The van der Waals surface area contributed by atoms with Crippen LogP contribution in [0.1, 0.15) is 28.9 Å². The number of para-hydroxylation sites is 1.